The summed E-state index contributed by atoms with van der Waals surface area (Å²) < 4.78 is 6.21. The summed E-state index contributed by atoms with van der Waals surface area (Å²) in [5.41, 5.74) is 7.01. The first-order valence-corrected chi connectivity index (χ1v) is 17.0. The first-order valence-electron chi connectivity index (χ1n) is 17.0. The molecule has 3 aromatic carbocycles. The minimum atomic E-state index is -0.337. The average molecular weight is 809 g/mol. The topological polar surface area (TPSA) is 63.3 Å². The fraction of sp³-hybridized carbons (Fsp3) is 0.429. The van der Waals surface area contributed by atoms with Crippen LogP contribution < -0.4 is 0 Å². The Kier molecular flexibility index (Phi) is 10.6. The fourth-order valence-electron chi connectivity index (χ4n) is 6.74. The van der Waals surface area contributed by atoms with E-state index in [1.165, 1.54) is 38.9 Å². The zero-order valence-corrected chi connectivity index (χ0v) is 32.1. The van der Waals surface area contributed by atoms with Crippen molar-refractivity contribution < 1.29 is 34.4 Å². The van der Waals surface area contributed by atoms with E-state index in [1.807, 2.05) is 59.9 Å². The molecule has 1 aliphatic rings. The van der Waals surface area contributed by atoms with E-state index in [9.17, 15) is 9.90 Å². The Morgan fingerprint density at radius 2 is 1.60 bits per heavy atom. The number of pyridine rings is 1. The number of carbonyl (C=O) groups is 1. The van der Waals surface area contributed by atoms with Crippen molar-refractivity contribution in [3.05, 3.63) is 89.3 Å². The van der Waals surface area contributed by atoms with Gasteiger partial charge in [0.2, 0.25) is 0 Å². The van der Waals surface area contributed by atoms with Crippen molar-refractivity contribution in [1.29, 1.82) is 0 Å². The quantitative estimate of drug-likeness (QED) is 0.0963. The number of hydrogen-bond donors (Lipinski definition) is 1. The average Bonchev–Trinajstić information content (AvgIpc) is 3.42. The molecule has 0 spiro atoms. The number of ketones is 1. The smallest absolute Gasteiger partial charge is 0.164 e. The number of fused-ring (bicyclic) bond motifs is 4. The number of benzene rings is 3. The molecule has 5 aromatic rings. The van der Waals surface area contributed by atoms with Crippen LogP contribution >= 0.6 is 0 Å². The normalized spacial score (nSPS) is 14.1. The number of allylic oxidation sites excluding steroid dienone is 2. The van der Waals surface area contributed by atoms with Gasteiger partial charge >= 0.3 is 0 Å². The van der Waals surface area contributed by atoms with E-state index in [1.54, 1.807) is 0 Å². The van der Waals surface area contributed by atoms with Crippen molar-refractivity contribution >= 4 is 38.5 Å². The first-order chi connectivity index (χ1) is 21.8. The number of hydrogen-bond acceptors (Lipinski definition) is 4. The van der Waals surface area contributed by atoms with Gasteiger partial charge in [-0.3, -0.25) is 4.79 Å². The van der Waals surface area contributed by atoms with Crippen LogP contribution in [0.2, 0.25) is 0 Å². The molecule has 1 N–H and O–H groups in total. The van der Waals surface area contributed by atoms with E-state index in [0.29, 0.717) is 5.92 Å². The molecular formula is C42H50IrNO3-. The number of aliphatic hydroxyl groups is 1. The van der Waals surface area contributed by atoms with Crippen molar-refractivity contribution in [1.82, 2.24) is 4.98 Å². The van der Waals surface area contributed by atoms with Crippen LogP contribution in [0.3, 0.4) is 0 Å². The van der Waals surface area contributed by atoms with Crippen LogP contribution in [0.1, 0.15) is 118 Å². The van der Waals surface area contributed by atoms with Gasteiger partial charge in [-0.05, 0) is 76.2 Å². The molecule has 0 fully saturated rings. The number of nitrogens with zero attached hydrogens (tertiary/aromatic N) is 1. The maximum atomic E-state index is 12.2. The molecule has 0 bridgehead atoms. The second-order valence-electron chi connectivity index (χ2n) is 14.4. The number of rotatable bonds is 8. The van der Waals surface area contributed by atoms with Gasteiger partial charge in [-0.25, -0.2) is 0 Å². The van der Waals surface area contributed by atoms with Gasteiger partial charge in [-0.2, -0.15) is 0 Å². The van der Waals surface area contributed by atoms with E-state index in [2.05, 4.69) is 70.2 Å². The molecule has 5 heteroatoms. The standard InChI is InChI=1S/C27H22NO.C15H28O2.Ir/c1-15(2)16-11-12-17-14-28-26-18-7-5-9-21-23(18)24-20(8-6-10-22(24)29-21)27(3,4)25(26)19(17)13-16;1-7-14(5,8-2)12(16)11-13(17)15(6,9-3)10-4;/h5-6,8-15H,1-4H3;11,16H,7-10H2,1-6H3;/q-1;;/b;12-11-;. The van der Waals surface area contributed by atoms with Crippen molar-refractivity contribution in [2.24, 2.45) is 10.8 Å². The molecule has 0 unspecified atom stereocenters. The maximum absolute atomic E-state index is 12.2. The van der Waals surface area contributed by atoms with Crippen molar-refractivity contribution in [3.63, 3.8) is 0 Å². The molecule has 0 saturated heterocycles. The van der Waals surface area contributed by atoms with Crippen molar-refractivity contribution in [3.8, 4) is 11.3 Å². The minimum Gasteiger partial charge on any atom is -0.512 e. The monoisotopic (exact) mass is 809 g/mol. The van der Waals surface area contributed by atoms with Crippen LogP contribution in [-0.4, -0.2) is 15.9 Å². The summed E-state index contributed by atoms with van der Waals surface area (Å²) >= 11 is 0. The molecule has 0 saturated carbocycles. The number of aliphatic hydroxyl groups excluding tert-OH is 1. The summed E-state index contributed by atoms with van der Waals surface area (Å²) in [6.45, 7) is 21.2. The number of furan rings is 1. The summed E-state index contributed by atoms with van der Waals surface area (Å²) in [7, 11) is 0. The molecule has 2 aromatic heterocycles. The van der Waals surface area contributed by atoms with Crippen molar-refractivity contribution in [2.45, 2.75) is 106 Å². The van der Waals surface area contributed by atoms with Gasteiger partial charge in [-0.1, -0.05) is 111 Å². The maximum Gasteiger partial charge on any atom is 0.164 e. The summed E-state index contributed by atoms with van der Waals surface area (Å²) in [5.74, 6) is 0.766. The van der Waals surface area contributed by atoms with E-state index in [-0.39, 0.29) is 47.9 Å². The molecule has 251 valence electrons. The molecule has 47 heavy (non-hydrogen) atoms. The molecule has 0 amide bonds. The van der Waals surface area contributed by atoms with Crippen LogP contribution in [0, 0.1) is 16.9 Å². The molecule has 6 rings (SSSR count). The summed E-state index contributed by atoms with van der Waals surface area (Å²) in [5, 5.41) is 14.9. The zero-order valence-electron chi connectivity index (χ0n) is 29.7. The summed E-state index contributed by atoms with van der Waals surface area (Å²) in [6, 6.07) is 20.7. The first kappa shape index (κ1) is 36.6. The van der Waals surface area contributed by atoms with Gasteiger partial charge in [0.05, 0.1) is 5.58 Å². The van der Waals surface area contributed by atoms with E-state index < -0.39 is 0 Å². The molecule has 1 radical (unpaired) electrons. The second kappa shape index (κ2) is 13.7. The Labute approximate surface area is 294 Å². The van der Waals surface area contributed by atoms with Crippen LogP contribution in [0.4, 0.5) is 0 Å². The largest absolute Gasteiger partial charge is 0.512 e. The Hall–Kier alpha value is -3.27. The SMILES string of the molecule is CC(C)c1ccc2cnc3c(c2c1)C(C)(C)c1cccc2oc4cc[c-]c-3c4c12.CCC(C)(CC)C(=O)/C=C(\O)C(C)(CC)CC.[Ir]. The van der Waals surface area contributed by atoms with Crippen LogP contribution in [0.5, 0.6) is 0 Å². The Morgan fingerprint density at radius 3 is 2.21 bits per heavy atom. The Morgan fingerprint density at radius 1 is 0.957 bits per heavy atom. The van der Waals surface area contributed by atoms with Gasteiger partial charge in [0.25, 0.3) is 0 Å². The summed E-state index contributed by atoms with van der Waals surface area (Å²) in [4.78, 5) is 17.2. The molecule has 0 atom stereocenters. The molecule has 2 heterocycles. The number of carbonyl (C=O) groups excluding carboxylic acids is 1. The Balaban J connectivity index is 0.000000242. The van der Waals surface area contributed by atoms with Crippen molar-refractivity contribution in [2.75, 3.05) is 0 Å². The third-order valence-corrected chi connectivity index (χ3v) is 11.2. The summed E-state index contributed by atoms with van der Waals surface area (Å²) in [6.07, 6.45) is 6.76. The third-order valence-electron chi connectivity index (χ3n) is 11.2. The molecule has 4 nitrogen and oxygen atoms in total. The molecule has 0 aliphatic heterocycles. The molecule has 1 aliphatic carbocycles. The zero-order chi connectivity index (χ0) is 33.6. The minimum absolute atomic E-state index is 0. The third kappa shape index (κ3) is 6.22. The fourth-order valence-corrected chi connectivity index (χ4v) is 6.74. The van der Waals surface area contributed by atoms with Crippen LogP contribution in [0.15, 0.2) is 71.0 Å². The van der Waals surface area contributed by atoms with E-state index in [4.69, 9.17) is 9.40 Å². The van der Waals surface area contributed by atoms with Gasteiger partial charge in [0, 0.05) is 48.6 Å². The number of aromatic nitrogens is 1. The van der Waals surface area contributed by atoms with Gasteiger partial charge in [0.1, 0.15) is 11.3 Å². The Bertz CT molecular complexity index is 1950. The van der Waals surface area contributed by atoms with Gasteiger partial charge in [-0.15, -0.1) is 17.7 Å². The molecular weight excluding hydrogens is 759 g/mol. The van der Waals surface area contributed by atoms with Gasteiger partial charge in [0.15, 0.2) is 5.78 Å². The van der Waals surface area contributed by atoms with Crippen LogP contribution in [-0.2, 0) is 30.3 Å². The second-order valence-corrected chi connectivity index (χ2v) is 14.4. The van der Waals surface area contributed by atoms with Crippen LogP contribution in [0.25, 0.3) is 44.0 Å². The predicted molar refractivity (Wildman–Crippen MR) is 193 cm³/mol. The predicted octanol–water partition coefficient (Wildman–Crippen LogP) is 12.0. The van der Waals surface area contributed by atoms with Gasteiger partial charge < -0.3 is 14.5 Å². The van der Waals surface area contributed by atoms with E-state index in [0.717, 1.165) is 53.5 Å². The van der Waals surface area contributed by atoms with E-state index >= 15 is 0 Å².